The number of amides is 1. The van der Waals surface area contributed by atoms with Crippen LogP contribution in [-0.4, -0.2) is 47.2 Å². The summed E-state index contributed by atoms with van der Waals surface area (Å²) >= 11 is 0. The van der Waals surface area contributed by atoms with Gasteiger partial charge in [0.25, 0.3) is 5.91 Å². The highest BCUT2D eigenvalue weighted by atomic mass is 35.5. The molecule has 102 valence electrons. The van der Waals surface area contributed by atoms with E-state index in [2.05, 4.69) is 36.3 Å². The first-order valence-electron chi connectivity index (χ1n) is 6.04. The lowest BCUT2D eigenvalue weighted by Crippen LogP contribution is -2.46. The van der Waals surface area contributed by atoms with Gasteiger partial charge in [-0.3, -0.25) is 9.89 Å². The molecule has 1 aromatic heterocycles. The predicted molar refractivity (Wildman–Crippen MR) is 73.3 cm³/mol. The van der Waals surface area contributed by atoms with Crippen LogP contribution in [-0.2, 0) is 5.41 Å². The molecule has 1 aromatic rings. The van der Waals surface area contributed by atoms with E-state index in [1.165, 1.54) is 0 Å². The fourth-order valence-electron chi connectivity index (χ4n) is 1.85. The van der Waals surface area contributed by atoms with E-state index in [0.29, 0.717) is 5.69 Å². The van der Waals surface area contributed by atoms with Crippen LogP contribution in [0.3, 0.4) is 0 Å². The summed E-state index contributed by atoms with van der Waals surface area (Å²) in [5.41, 5.74) is 1.52. The van der Waals surface area contributed by atoms with Crippen LogP contribution < -0.4 is 5.32 Å². The Labute approximate surface area is 114 Å². The number of hydrogen-bond acceptors (Lipinski definition) is 3. The third-order valence-corrected chi connectivity index (χ3v) is 3.01. The summed E-state index contributed by atoms with van der Waals surface area (Å²) in [5, 5.41) is 10.3. The minimum Gasteiger partial charge on any atom is -0.335 e. The van der Waals surface area contributed by atoms with Crippen LogP contribution in [0.1, 0.15) is 37.0 Å². The monoisotopic (exact) mass is 272 g/mol. The number of nitrogens with one attached hydrogen (secondary N) is 2. The quantitative estimate of drug-likeness (QED) is 0.807. The lowest BCUT2D eigenvalue weighted by molar-refractivity contribution is 0.0730. The number of carbonyl (C=O) groups excluding carboxylic acids is 1. The summed E-state index contributed by atoms with van der Waals surface area (Å²) in [5.74, 6) is 0.0262. The highest BCUT2D eigenvalue weighted by Crippen LogP contribution is 2.20. The van der Waals surface area contributed by atoms with Crippen molar-refractivity contribution in [2.24, 2.45) is 0 Å². The van der Waals surface area contributed by atoms with Crippen LogP contribution in [0.5, 0.6) is 0 Å². The van der Waals surface area contributed by atoms with E-state index in [0.717, 1.165) is 31.9 Å². The van der Waals surface area contributed by atoms with Crippen LogP contribution in [0.25, 0.3) is 0 Å². The average Bonchev–Trinajstić information content (AvgIpc) is 2.78. The minimum absolute atomic E-state index is 0. The van der Waals surface area contributed by atoms with Gasteiger partial charge in [-0.25, -0.2) is 0 Å². The van der Waals surface area contributed by atoms with Gasteiger partial charge >= 0.3 is 0 Å². The molecule has 0 spiro atoms. The molecule has 0 aliphatic carbocycles. The molecule has 2 heterocycles. The van der Waals surface area contributed by atoms with Crippen molar-refractivity contribution in [2.45, 2.75) is 26.2 Å². The van der Waals surface area contributed by atoms with E-state index in [9.17, 15) is 4.79 Å². The molecule has 6 heteroatoms. The van der Waals surface area contributed by atoms with E-state index >= 15 is 0 Å². The Hall–Kier alpha value is -1.07. The van der Waals surface area contributed by atoms with Crippen molar-refractivity contribution < 1.29 is 4.79 Å². The van der Waals surface area contributed by atoms with E-state index in [1.54, 1.807) is 0 Å². The van der Waals surface area contributed by atoms with Gasteiger partial charge in [-0.1, -0.05) is 20.8 Å². The molecular formula is C12H21ClN4O. The zero-order chi connectivity index (χ0) is 12.5. The molecule has 1 amide bonds. The summed E-state index contributed by atoms with van der Waals surface area (Å²) < 4.78 is 0. The van der Waals surface area contributed by atoms with E-state index in [-0.39, 0.29) is 23.7 Å². The molecule has 1 aliphatic heterocycles. The highest BCUT2D eigenvalue weighted by Gasteiger charge is 2.23. The molecule has 1 saturated heterocycles. The largest absolute Gasteiger partial charge is 0.335 e. The molecule has 2 rings (SSSR count). The van der Waals surface area contributed by atoms with Gasteiger partial charge in [0.15, 0.2) is 0 Å². The van der Waals surface area contributed by atoms with Gasteiger partial charge in [0.05, 0.1) is 0 Å². The van der Waals surface area contributed by atoms with E-state index < -0.39 is 0 Å². The lowest BCUT2D eigenvalue weighted by atomic mass is 9.92. The Morgan fingerprint density at radius 3 is 2.44 bits per heavy atom. The van der Waals surface area contributed by atoms with Crippen molar-refractivity contribution in [3.05, 3.63) is 17.5 Å². The van der Waals surface area contributed by atoms with Gasteiger partial charge in [0.1, 0.15) is 5.69 Å². The zero-order valence-electron chi connectivity index (χ0n) is 11.1. The molecule has 0 atom stereocenters. The van der Waals surface area contributed by atoms with Gasteiger partial charge < -0.3 is 10.2 Å². The number of halogens is 1. The van der Waals surface area contributed by atoms with Crippen LogP contribution >= 0.6 is 12.4 Å². The Balaban J connectivity index is 0.00000162. The van der Waals surface area contributed by atoms with Crippen molar-refractivity contribution in [1.29, 1.82) is 0 Å². The number of nitrogens with zero attached hydrogens (tertiary/aromatic N) is 2. The number of piperazine rings is 1. The van der Waals surface area contributed by atoms with Crippen molar-refractivity contribution >= 4 is 18.3 Å². The first-order chi connectivity index (χ1) is 7.98. The second-order valence-electron chi connectivity index (χ2n) is 5.46. The second kappa shape index (κ2) is 5.71. The molecular weight excluding hydrogens is 252 g/mol. The molecule has 0 saturated carbocycles. The molecule has 0 radical (unpaired) electrons. The second-order valence-corrected chi connectivity index (χ2v) is 5.46. The predicted octanol–water partition coefficient (Wildman–Crippen LogP) is 1.17. The number of aromatic nitrogens is 2. The first-order valence-corrected chi connectivity index (χ1v) is 6.04. The van der Waals surface area contributed by atoms with Gasteiger partial charge in [0, 0.05) is 37.3 Å². The number of H-pyrrole nitrogens is 1. The fraction of sp³-hybridized carbons (Fsp3) is 0.667. The molecule has 0 bridgehead atoms. The number of hydrogen-bond donors (Lipinski definition) is 2. The maximum absolute atomic E-state index is 12.2. The number of aromatic amines is 1. The number of carbonyl (C=O) groups is 1. The van der Waals surface area contributed by atoms with Crippen molar-refractivity contribution in [3.8, 4) is 0 Å². The Morgan fingerprint density at radius 1 is 1.33 bits per heavy atom. The van der Waals surface area contributed by atoms with E-state index in [4.69, 9.17) is 0 Å². The maximum atomic E-state index is 12.2. The SMILES string of the molecule is CC(C)(C)c1cc(C(=O)N2CCNCC2)n[nH]1.Cl. The summed E-state index contributed by atoms with van der Waals surface area (Å²) in [6.45, 7) is 9.54. The Morgan fingerprint density at radius 2 is 1.94 bits per heavy atom. The van der Waals surface area contributed by atoms with Gasteiger partial charge in [-0.2, -0.15) is 5.10 Å². The summed E-state index contributed by atoms with van der Waals surface area (Å²) in [7, 11) is 0. The normalized spacial score (nSPS) is 16.3. The summed E-state index contributed by atoms with van der Waals surface area (Å²) in [6, 6.07) is 1.87. The molecule has 1 fully saturated rings. The first kappa shape index (κ1) is 15.0. The van der Waals surface area contributed by atoms with Gasteiger partial charge in [0.2, 0.25) is 0 Å². The Bertz CT molecular complexity index is 404. The molecule has 0 aromatic carbocycles. The molecule has 5 nitrogen and oxygen atoms in total. The molecule has 2 N–H and O–H groups in total. The topological polar surface area (TPSA) is 61.0 Å². The zero-order valence-corrected chi connectivity index (χ0v) is 11.9. The van der Waals surface area contributed by atoms with Crippen LogP contribution in [0, 0.1) is 0 Å². The molecule has 1 aliphatic rings. The molecule has 0 unspecified atom stereocenters. The molecule has 18 heavy (non-hydrogen) atoms. The Kier molecular flexibility index (Phi) is 4.76. The smallest absolute Gasteiger partial charge is 0.274 e. The third-order valence-electron chi connectivity index (χ3n) is 3.01. The van der Waals surface area contributed by atoms with Gasteiger partial charge in [-0.15, -0.1) is 12.4 Å². The average molecular weight is 273 g/mol. The van der Waals surface area contributed by atoms with Crippen molar-refractivity contribution in [2.75, 3.05) is 26.2 Å². The maximum Gasteiger partial charge on any atom is 0.274 e. The number of rotatable bonds is 1. The standard InChI is InChI=1S/C12H20N4O.ClH/c1-12(2,3)10-8-9(14-15-10)11(17)16-6-4-13-5-7-16;/h8,13H,4-7H2,1-3H3,(H,14,15);1H. The van der Waals surface area contributed by atoms with E-state index in [1.807, 2.05) is 11.0 Å². The van der Waals surface area contributed by atoms with Gasteiger partial charge in [-0.05, 0) is 6.07 Å². The van der Waals surface area contributed by atoms with Crippen LogP contribution in [0.15, 0.2) is 6.07 Å². The van der Waals surface area contributed by atoms with Crippen LogP contribution in [0.2, 0.25) is 0 Å². The minimum atomic E-state index is -0.00498. The lowest BCUT2D eigenvalue weighted by Gasteiger charge is -2.26. The van der Waals surface area contributed by atoms with Crippen molar-refractivity contribution in [3.63, 3.8) is 0 Å². The summed E-state index contributed by atoms with van der Waals surface area (Å²) in [4.78, 5) is 14.0. The summed E-state index contributed by atoms with van der Waals surface area (Å²) in [6.07, 6.45) is 0. The fourth-order valence-corrected chi connectivity index (χ4v) is 1.85. The highest BCUT2D eigenvalue weighted by molar-refractivity contribution is 5.92. The van der Waals surface area contributed by atoms with Crippen LogP contribution in [0.4, 0.5) is 0 Å². The third kappa shape index (κ3) is 3.23. The van der Waals surface area contributed by atoms with Crippen molar-refractivity contribution in [1.82, 2.24) is 20.4 Å².